The molecule has 20 heavy (non-hydrogen) atoms. The van der Waals surface area contributed by atoms with Gasteiger partial charge in [-0.1, -0.05) is 0 Å². The van der Waals surface area contributed by atoms with Crippen molar-refractivity contribution in [1.82, 2.24) is 10.2 Å². The number of likely N-dealkylation sites (tertiary alicyclic amines) is 1. The van der Waals surface area contributed by atoms with Gasteiger partial charge in [0.2, 0.25) is 0 Å². The fourth-order valence-electron chi connectivity index (χ4n) is 1.98. The van der Waals surface area contributed by atoms with Gasteiger partial charge in [0.15, 0.2) is 0 Å². The van der Waals surface area contributed by atoms with E-state index < -0.39 is 11.9 Å². The van der Waals surface area contributed by atoms with Crippen molar-refractivity contribution in [2.75, 3.05) is 33.4 Å². The van der Waals surface area contributed by atoms with Gasteiger partial charge >= 0.3 is 5.97 Å². The van der Waals surface area contributed by atoms with Crippen LogP contribution in [-0.2, 0) is 14.3 Å². The Morgan fingerprint density at radius 2 is 2.15 bits per heavy atom. The minimum Gasteiger partial charge on any atom is -0.481 e. The number of aliphatic carboxylic acids is 1. The summed E-state index contributed by atoms with van der Waals surface area (Å²) in [7, 11) is 1.56. The van der Waals surface area contributed by atoms with Gasteiger partial charge in [-0.3, -0.25) is 9.59 Å². The van der Waals surface area contributed by atoms with Crippen LogP contribution in [0.15, 0.2) is 11.8 Å². The van der Waals surface area contributed by atoms with Crippen molar-refractivity contribution in [2.45, 2.75) is 12.8 Å². The van der Waals surface area contributed by atoms with Crippen molar-refractivity contribution in [2.24, 2.45) is 5.92 Å². The molecule has 110 valence electrons. The molecule has 7 nitrogen and oxygen atoms in total. The number of rotatable bonds is 6. The molecule has 0 aliphatic carbocycles. The van der Waals surface area contributed by atoms with E-state index in [-0.39, 0.29) is 11.5 Å². The molecule has 0 aromatic rings. The van der Waals surface area contributed by atoms with E-state index in [1.54, 1.807) is 7.11 Å². The predicted molar refractivity (Wildman–Crippen MR) is 70.5 cm³/mol. The maximum Gasteiger partial charge on any atom is 0.306 e. The van der Waals surface area contributed by atoms with Crippen molar-refractivity contribution in [3.8, 4) is 6.07 Å². The lowest BCUT2D eigenvalue weighted by molar-refractivity contribution is -0.145. The van der Waals surface area contributed by atoms with Gasteiger partial charge in [0.05, 0.1) is 12.5 Å². The summed E-state index contributed by atoms with van der Waals surface area (Å²) in [4.78, 5) is 24.4. The number of ether oxygens (including phenoxy) is 1. The van der Waals surface area contributed by atoms with Gasteiger partial charge in [-0.15, -0.1) is 0 Å². The smallest absolute Gasteiger partial charge is 0.306 e. The number of nitriles is 1. The Morgan fingerprint density at radius 3 is 2.65 bits per heavy atom. The number of methoxy groups -OCH3 is 1. The summed E-state index contributed by atoms with van der Waals surface area (Å²) < 4.78 is 4.84. The summed E-state index contributed by atoms with van der Waals surface area (Å²) in [5.41, 5.74) is 0.0230. The van der Waals surface area contributed by atoms with Crippen molar-refractivity contribution in [3.63, 3.8) is 0 Å². The van der Waals surface area contributed by atoms with Gasteiger partial charge in [-0.2, -0.15) is 5.26 Å². The minimum absolute atomic E-state index is 0.0230. The van der Waals surface area contributed by atoms with Gasteiger partial charge in [0.1, 0.15) is 11.6 Å². The second kappa shape index (κ2) is 8.17. The topological polar surface area (TPSA) is 103 Å². The highest BCUT2D eigenvalue weighted by molar-refractivity contribution is 5.97. The van der Waals surface area contributed by atoms with Gasteiger partial charge in [-0.25, -0.2) is 0 Å². The number of hydrogen-bond donors (Lipinski definition) is 2. The van der Waals surface area contributed by atoms with E-state index in [0.29, 0.717) is 39.1 Å². The Balaban J connectivity index is 2.52. The van der Waals surface area contributed by atoms with Crippen LogP contribution in [-0.4, -0.2) is 55.2 Å². The third-order valence-corrected chi connectivity index (χ3v) is 3.18. The highest BCUT2D eigenvalue weighted by Crippen LogP contribution is 2.18. The van der Waals surface area contributed by atoms with Gasteiger partial charge in [-0.05, 0) is 12.8 Å². The molecule has 0 aromatic carbocycles. The quantitative estimate of drug-likeness (QED) is 0.402. The normalized spacial score (nSPS) is 16.6. The highest BCUT2D eigenvalue weighted by atomic mass is 16.5. The van der Waals surface area contributed by atoms with Crippen molar-refractivity contribution >= 4 is 11.9 Å². The summed E-state index contributed by atoms with van der Waals surface area (Å²) in [6.45, 7) is 1.73. The number of hydrogen-bond acceptors (Lipinski definition) is 5. The van der Waals surface area contributed by atoms with E-state index >= 15 is 0 Å². The Kier molecular flexibility index (Phi) is 6.53. The molecular weight excluding hydrogens is 262 g/mol. The first-order valence-electron chi connectivity index (χ1n) is 6.44. The fourth-order valence-corrected chi connectivity index (χ4v) is 1.98. The summed E-state index contributed by atoms with van der Waals surface area (Å²) in [5.74, 6) is -1.58. The van der Waals surface area contributed by atoms with Crippen molar-refractivity contribution in [3.05, 3.63) is 11.8 Å². The Hall–Kier alpha value is -2.07. The van der Waals surface area contributed by atoms with Crippen molar-refractivity contribution < 1.29 is 19.4 Å². The standard InChI is InChI=1S/C13H19N3O4/c1-20-7-4-15-9-11(8-14)12(17)16-5-2-10(3-6-16)13(18)19/h9-10,15H,2-7H2,1H3,(H,18,19)/b11-9-. The van der Waals surface area contributed by atoms with E-state index in [2.05, 4.69) is 5.32 Å². The molecule has 1 rings (SSSR count). The van der Waals surface area contributed by atoms with Crippen LogP contribution in [0.1, 0.15) is 12.8 Å². The molecule has 1 aliphatic heterocycles. The van der Waals surface area contributed by atoms with Gasteiger partial charge < -0.3 is 20.1 Å². The molecule has 7 heteroatoms. The SMILES string of the molecule is COCCN/C=C(/C#N)C(=O)N1CCC(C(=O)O)CC1. The number of amides is 1. The molecule has 1 heterocycles. The zero-order valence-corrected chi connectivity index (χ0v) is 11.5. The van der Waals surface area contributed by atoms with Crippen LogP contribution in [0.4, 0.5) is 0 Å². The lowest BCUT2D eigenvalue weighted by Crippen LogP contribution is -2.41. The Morgan fingerprint density at radius 1 is 1.50 bits per heavy atom. The van der Waals surface area contributed by atoms with Gasteiger partial charge in [0, 0.05) is 32.9 Å². The minimum atomic E-state index is -0.825. The molecule has 0 saturated carbocycles. The summed E-state index contributed by atoms with van der Waals surface area (Å²) in [6.07, 6.45) is 2.23. The Labute approximate surface area is 117 Å². The summed E-state index contributed by atoms with van der Waals surface area (Å²) >= 11 is 0. The van der Waals surface area contributed by atoms with Crippen LogP contribution in [0.25, 0.3) is 0 Å². The number of piperidine rings is 1. The monoisotopic (exact) mass is 281 g/mol. The third-order valence-electron chi connectivity index (χ3n) is 3.18. The largest absolute Gasteiger partial charge is 0.481 e. The number of nitrogens with one attached hydrogen (secondary N) is 1. The zero-order valence-electron chi connectivity index (χ0n) is 11.5. The van der Waals surface area contributed by atoms with Crippen LogP contribution in [0.5, 0.6) is 0 Å². The van der Waals surface area contributed by atoms with Crippen LogP contribution >= 0.6 is 0 Å². The second-order valence-corrected chi connectivity index (χ2v) is 4.52. The molecule has 0 aromatic heterocycles. The van der Waals surface area contributed by atoms with Crippen LogP contribution in [0.2, 0.25) is 0 Å². The molecule has 0 radical (unpaired) electrons. The number of carbonyl (C=O) groups is 2. The Bertz CT molecular complexity index is 420. The molecule has 2 N–H and O–H groups in total. The zero-order chi connectivity index (χ0) is 15.0. The molecular formula is C13H19N3O4. The van der Waals surface area contributed by atoms with E-state index in [1.807, 2.05) is 6.07 Å². The average molecular weight is 281 g/mol. The van der Waals surface area contributed by atoms with E-state index in [1.165, 1.54) is 11.1 Å². The lowest BCUT2D eigenvalue weighted by atomic mass is 9.97. The summed E-state index contributed by atoms with van der Waals surface area (Å²) in [6, 6.07) is 1.86. The van der Waals surface area contributed by atoms with E-state index in [9.17, 15) is 9.59 Å². The van der Waals surface area contributed by atoms with Crippen molar-refractivity contribution in [1.29, 1.82) is 5.26 Å². The molecule has 1 fully saturated rings. The van der Waals surface area contributed by atoms with E-state index in [0.717, 1.165) is 0 Å². The molecule has 1 amide bonds. The first-order chi connectivity index (χ1) is 9.60. The number of carbonyl (C=O) groups excluding carboxylic acids is 1. The third kappa shape index (κ3) is 4.55. The second-order valence-electron chi connectivity index (χ2n) is 4.52. The van der Waals surface area contributed by atoms with Crippen LogP contribution in [0, 0.1) is 17.2 Å². The van der Waals surface area contributed by atoms with Crippen LogP contribution in [0.3, 0.4) is 0 Å². The molecule has 1 aliphatic rings. The number of nitrogens with zero attached hydrogens (tertiary/aromatic N) is 2. The molecule has 0 unspecified atom stereocenters. The summed E-state index contributed by atoms with van der Waals surface area (Å²) in [5, 5.41) is 20.7. The maximum atomic E-state index is 12.1. The molecule has 0 bridgehead atoms. The lowest BCUT2D eigenvalue weighted by Gasteiger charge is -2.29. The first-order valence-corrected chi connectivity index (χ1v) is 6.44. The average Bonchev–Trinajstić information content (AvgIpc) is 2.47. The number of carboxylic acids is 1. The highest BCUT2D eigenvalue weighted by Gasteiger charge is 2.28. The molecule has 1 saturated heterocycles. The van der Waals surface area contributed by atoms with E-state index in [4.69, 9.17) is 15.1 Å². The van der Waals surface area contributed by atoms with Crippen LogP contribution < -0.4 is 5.32 Å². The molecule has 0 spiro atoms. The predicted octanol–water partition coefficient (Wildman–Crippen LogP) is -0.0469. The number of carboxylic acid groups (broad SMARTS) is 1. The molecule has 0 atom stereocenters. The fraction of sp³-hybridized carbons (Fsp3) is 0.615. The van der Waals surface area contributed by atoms with Gasteiger partial charge in [0.25, 0.3) is 5.91 Å². The maximum absolute atomic E-state index is 12.1. The first kappa shape index (κ1) is 16.0.